The zero-order chi connectivity index (χ0) is 16.9. The van der Waals surface area contributed by atoms with Crippen molar-refractivity contribution in [3.8, 4) is 0 Å². The molecule has 0 aliphatic carbocycles. The van der Waals surface area contributed by atoms with E-state index in [1.807, 2.05) is 42.1 Å². The molecule has 1 fully saturated rings. The van der Waals surface area contributed by atoms with Crippen LogP contribution in [0.4, 0.5) is 11.5 Å². The summed E-state index contributed by atoms with van der Waals surface area (Å²) in [6.45, 7) is 1.04. The first-order valence-corrected chi connectivity index (χ1v) is 9.28. The lowest BCUT2D eigenvalue weighted by atomic mass is 10.0. The van der Waals surface area contributed by atoms with Crippen molar-refractivity contribution in [1.29, 1.82) is 0 Å². The van der Waals surface area contributed by atoms with Crippen molar-refractivity contribution >= 4 is 23.3 Å². The molecule has 24 heavy (non-hydrogen) atoms. The van der Waals surface area contributed by atoms with Gasteiger partial charge in [-0.2, -0.15) is 11.8 Å². The third-order valence-electron chi connectivity index (χ3n) is 4.33. The molecule has 0 unspecified atom stereocenters. The van der Waals surface area contributed by atoms with Gasteiger partial charge in [-0.1, -0.05) is 30.3 Å². The first-order chi connectivity index (χ1) is 11.6. The van der Waals surface area contributed by atoms with Gasteiger partial charge in [0.25, 0.3) is 5.56 Å². The molecule has 1 aliphatic rings. The minimum absolute atomic E-state index is 0.192. The maximum absolute atomic E-state index is 12.1. The molecule has 0 bridgehead atoms. The van der Waals surface area contributed by atoms with Crippen molar-refractivity contribution in [1.82, 2.24) is 9.55 Å². The molecule has 0 spiro atoms. The smallest absolute Gasteiger partial charge is 0.330 e. The van der Waals surface area contributed by atoms with Crippen molar-refractivity contribution in [3.05, 3.63) is 56.7 Å². The highest BCUT2D eigenvalue weighted by molar-refractivity contribution is 7.99. The van der Waals surface area contributed by atoms with E-state index in [2.05, 4.69) is 10.3 Å². The highest BCUT2D eigenvalue weighted by Gasteiger charge is 2.17. The van der Waals surface area contributed by atoms with Crippen LogP contribution >= 0.6 is 11.8 Å². The van der Waals surface area contributed by atoms with E-state index in [0.29, 0.717) is 24.7 Å². The Labute approximate surface area is 144 Å². The molecule has 1 aromatic carbocycles. The molecule has 2 aromatic rings. The van der Waals surface area contributed by atoms with Gasteiger partial charge in [-0.25, -0.2) is 4.79 Å². The number of rotatable bonds is 5. The fourth-order valence-corrected chi connectivity index (χ4v) is 4.08. The number of benzene rings is 1. The predicted molar refractivity (Wildman–Crippen MR) is 99.8 cm³/mol. The van der Waals surface area contributed by atoms with Crippen LogP contribution in [0.1, 0.15) is 18.4 Å². The molecule has 0 amide bonds. The standard InChI is InChI=1S/C17H22N4O2S/c18-15-14(19-10-12-6-8-24-9-7-12)16(22)20-17(23)21(15)11-13-4-2-1-3-5-13/h1-5,12,19H,6-11,18H2,(H,20,22,23). The number of hydrogen-bond donors (Lipinski definition) is 3. The summed E-state index contributed by atoms with van der Waals surface area (Å²) >= 11 is 1.97. The second kappa shape index (κ2) is 7.61. The number of nitrogens with one attached hydrogen (secondary N) is 2. The Bertz CT molecular complexity index is 794. The molecule has 1 aromatic heterocycles. The fourth-order valence-electron chi connectivity index (χ4n) is 2.88. The Morgan fingerprint density at radius 3 is 2.62 bits per heavy atom. The molecule has 0 saturated carbocycles. The molecule has 1 saturated heterocycles. The normalized spacial score (nSPS) is 15.3. The Hall–Kier alpha value is -2.15. The van der Waals surface area contributed by atoms with Crippen molar-refractivity contribution < 1.29 is 0 Å². The van der Waals surface area contributed by atoms with E-state index < -0.39 is 11.2 Å². The highest BCUT2D eigenvalue weighted by Crippen LogP contribution is 2.23. The molecule has 7 heteroatoms. The summed E-state index contributed by atoms with van der Waals surface area (Å²) in [5.74, 6) is 3.05. The number of aromatic nitrogens is 2. The van der Waals surface area contributed by atoms with Gasteiger partial charge in [0.2, 0.25) is 0 Å². The number of aromatic amines is 1. The van der Waals surface area contributed by atoms with Gasteiger partial charge >= 0.3 is 5.69 Å². The van der Waals surface area contributed by atoms with E-state index in [9.17, 15) is 9.59 Å². The molecular formula is C17H22N4O2S. The quantitative estimate of drug-likeness (QED) is 0.766. The van der Waals surface area contributed by atoms with Crippen LogP contribution in [0.5, 0.6) is 0 Å². The van der Waals surface area contributed by atoms with Crippen LogP contribution in [-0.4, -0.2) is 27.6 Å². The number of thioether (sulfide) groups is 1. The lowest BCUT2D eigenvalue weighted by molar-refractivity contribution is 0.515. The molecule has 3 rings (SSSR count). The van der Waals surface area contributed by atoms with Gasteiger partial charge in [0.05, 0.1) is 6.54 Å². The topological polar surface area (TPSA) is 92.9 Å². The Morgan fingerprint density at radius 1 is 1.21 bits per heavy atom. The van der Waals surface area contributed by atoms with E-state index in [0.717, 1.165) is 29.9 Å². The van der Waals surface area contributed by atoms with Gasteiger partial charge in [0.15, 0.2) is 0 Å². The first-order valence-electron chi connectivity index (χ1n) is 8.13. The lowest BCUT2D eigenvalue weighted by Crippen LogP contribution is -2.35. The van der Waals surface area contributed by atoms with Gasteiger partial charge in [-0.05, 0) is 35.8 Å². The van der Waals surface area contributed by atoms with Gasteiger partial charge in [0.1, 0.15) is 11.5 Å². The molecular weight excluding hydrogens is 324 g/mol. The minimum atomic E-state index is -0.485. The second-order valence-corrected chi connectivity index (χ2v) is 7.25. The summed E-state index contributed by atoms with van der Waals surface area (Å²) in [6.07, 6.45) is 2.28. The monoisotopic (exact) mass is 346 g/mol. The molecule has 4 N–H and O–H groups in total. The Morgan fingerprint density at radius 2 is 1.92 bits per heavy atom. The Balaban J connectivity index is 1.82. The van der Waals surface area contributed by atoms with Gasteiger partial charge in [0, 0.05) is 6.54 Å². The first kappa shape index (κ1) is 16.7. The average Bonchev–Trinajstić information content (AvgIpc) is 2.60. The van der Waals surface area contributed by atoms with Gasteiger partial charge in [-0.15, -0.1) is 0 Å². The van der Waals surface area contributed by atoms with Crippen LogP contribution in [0.15, 0.2) is 39.9 Å². The molecule has 128 valence electrons. The number of nitrogen functional groups attached to an aromatic ring is 1. The predicted octanol–water partition coefficient (Wildman–Crippen LogP) is 1.72. The molecule has 6 nitrogen and oxygen atoms in total. The number of hydrogen-bond acceptors (Lipinski definition) is 5. The van der Waals surface area contributed by atoms with Crippen molar-refractivity contribution in [2.75, 3.05) is 29.1 Å². The van der Waals surface area contributed by atoms with E-state index in [-0.39, 0.29) is 5.82 Å². The molecule has 2 heterocycles. The molecule has 1 aliphatic heterocycles. The van der Waals surface area contributed by atoms with E-state index >= 15 is 0 Å². The summed E-state index contributed by atoms with van der Waals surface area (Å²) in [7, 11) is 0. The minimum Gasteiger partial charge on any atom is -0.383 e. The third kappa shape index (κ3) is 3.84. The summed E-state index contributed by atoms with van der Waals surface area (Å²) < 4.78 is 1.40. The van der Waals surface area contributed by atoms with Gasteiger partial charge in [-0.3, -0.25) is 14.3 Å². The Kier molecular flexibility index (Phi) is 5.30. The largest absolute Gasteiger partial charge is 0.383 e. The molecule has 0 atom stereocenters. The number of anilines is 2. The number of nitrogens with two attached hydrogens (primary N) is 1. The van der Waals surface area contributed by atoms with Crippen LogP contribution in [0, 0.1) is 5.92 Å². The van der Waals surface area contributed by atoms with E-state index in [1.165, 1.54) is 4.57 Å². The van der Waals surface area contributed by atoms with E-state index in [1.54, 1.807) is 0 Å². The SMILES string of the molecule is Nc1c(NCC2CCSCC2)c(=O)[nH]c(=O)n1Cc1ccccc1. The van der Waals surface area contributed by atoms with E-state index in [4.69, 9.17) is 5.73 Å². The van der Waals surface area contributed by atoms with Crippen LogP contribution in [0.3, 0.4) is 0 Å². The fraction of sp³-hybridized carbons (Fsp3) is 0.412. The van der Waals surface area contributed by atoms with Crippen molar-refractivity contribution in [3.63, 3.8) is 0 Å². The van der Waals surface area contributed by atoms with Crippen LogP contribution in [-0.2, 0) is 6.54 Å². The number of H-pyrrole nitrogens is 1. The second-order valence-electron chi connectivity index (χ2n) is 6.03. The van der Waals surface area contributed by atoms with Crippen LogP contribution < -0.4 is 22.3 Å². The summed E-state index contributed by atoms with van der Waals surface area (Å²) in [4.78, 5) is 26.6. The maximum Gasteiger partial charge on any atom is 0.330 e. The number of nitrogens with zero attached hydrogens (tertiary/aromatic N) is 1. The van der Waals surface area contributed by atoms with Crippen LogP contribution in [0.2, 0.25) is 0 Å². The highest BCUT2D eigenvalue weighted by atomic mass is 32.2. The summed E-state index contributed by atoms with van der Waals surface area (Å²) in [5, 5.41) is 3.17. The average molecular weight is 346 g/mol. The summed E-state index contributed by atoms with van der Waals surface area (Å²) in [6, 6.07) is 9.57. The van der Waals surface area contributed by atoms with Crippen molar-refractivity contribution in [2.24, 2.45) is 5.92 Å². The molecule has 0 radical (unpaired) electrons. The van der Waals surface area contributed by atoms with Gasteiger partial charge < -0.3 is 11.1 Å². The zero-order valence-electron chi connectivity index (χ0n) is 13.5. The van der Waals surface area contributed by atoms with Crippen molar-refractivity contribution in [2.45, 2.75) is 19.4 Å². The lowest BCUT2D eigenvalue weighted by Gasteiger charge is -2.22. The maximum atomic E-state index is 12.1. The third-order valence-corrected chi connectivity index (χ3v) is 5.38. The van der Waals surface area contributed by atoms with Crippen LogP contribution in [0.25, 0.3) is 0 Å². The zero-order valence-corrected chi connectivity index (χ0v) is 14.3. The summed E-state index contributed by atoms with van der Waals surface area (Å²) in [5.41, 5.74) is 6.44.